The average molecular weight is 394 g/mol. The van der Waals surface area contributed by atoms with Crippen molar-refractivity contribution in [3.8, 4) is 23.5 Å². The van der Waals surface area contributed by atoms with Crippen LogP contribution in [0, 0.1) is 18.3 Å². The van der Waals surface area contributed by atoms with E-state index < -0.39 is 18.4 Å². The van der Waals surface area contributed by atoms with Gasteiger partial charge in [0.2, 0.25) is 11.7 Å². The highest BCUT2D eigenvalue weighted by atomic mass is 16.5. The van der Waals surface area contributed by atoms with Gasteiger partial charge >= 0.3 is 5.97 Å². The van der Waals surface area contributed by atoms with Gasteiger partial charge in [-0.25, -0.2) is 4.79 Å². The summed E-state index contributed by atoms with van der Waals surface area (Å²) < 4.78 is 22.6. The molecule has 148 valence electrons. The second-order valence-electron chi connectivity index (χ2n) is 5.98. The predicted octanol–water partition coefficient (Wildman–Crippen LogP) is 3.31. The number of nitrogens with zero attached hydrogens (tertiary/aromatic N) is 2. The van der Waals surface area contributed by atoms with Gasteiger partial charge in [0, 0.05) is 12.4 Å². The lowest BCUT2D eigenvalue weighted by Gasteiger charge is -2.10. The molecule has 0 unspecified atom stereocenters. The highest BCUT2D eigenvalue weighted by Gasteiger charge is 2.26. The van der Waals surface area contributed by atoms with Gasteiger partial charge in [-0.15, -0.1) is 0 Å². The normalized spacial score (nSPS) is 10.3. The molecule has 0 saturated carbocycles. The Kier molecular flexibility index (Phi) is 5.69. The summed E-state index contributed by atoms with van der Waals surface area (Å²) >= 11 is 0. The fraction of sp³-hybridized carbons (Fsp3) is 0.190. The average Bonchev–Trinajstić information content (AvgIpc) is 3.38. The number of esters is 1. The largest absolute Gasteiger partial charge is 0.497 e. The van der Waals surface area contributed by atoms with E-state index in [1.54, 1.807) is 48.1 Å². The molecule has 2 aromatic heterocycles. The van der Waals surface area contributed by atoms with E-state index in [4.69, 9.17) is 18.6 Å². The first-order valence-corrected chi connectivity index (χ1v) is 8.59. The first kappa shape index (κ1) is 19.8. The van der Waals surface area contributed by atoms with E-state index in [1.165, 1.54) is 20.3 Å². The molecule has 0 saturated heterocycles. The van der Waals surface area contributed by atoms with E-state index in [2.05, 4.69) is 0 Å². The molecule has 0 aliphatic rings. The number of aromatic nitrogens is 1. The van der Waals surface area contributed by atoms with Crippen LogP contribution in [0.2, 0.25) is 0 Å². The first-order valence-electron chi connectivity index (χ1n) is 8.59. The van der Waals surface area contributed by atoms with Crippen molar-refractivity contribution < 1.29 is 28.2 Å². The van der Waals surface area contributed by atoms with Crippen LogP contribution >= 0.6 is 0 Å². The topological polar surface area (TPSA) is 104 Å². The van der Waals surface area contributed by atoms with Crippen LogP contribution in [0.4, 0.5) is 0 Å². The molecule has 0 amide bonds. The zero-order chi connectivity index (χ0) is 21.0. The Morgan fingerprint density at radius 1 is 1.17 bits per heavy atom. The number of hydrogen-bond donors (Lipinski definition) is 0. The summed E-state index contributed by atoms with van der Waals surface area (Å²) in [7, 11) is 2.91. The van der Waals surface area contributed by atoms with Crippen molar-refractivity contribution in [3.63, 3.8) is 0 Å². The van der Waals surface area contributed by atoms with E-state index in [9.17, 15) is 14.9 Å². The summed E-state index contributed by atoms with van der Waals surface area (Å²) in [6.07, 6.45) is 3.37. The van der Waals surface area contributed by atoms with Crippen LogP contribution in [0.15, 0.2) is 47.1 Å². The van der Waals surface area contributed by atoms with Crippen molar-refractivity contribution in [2.45, 2.75) is 6.92 Å². The van der Waals surface area contributed by atoms with Crippen LogP contribution in [-0.2, 0) is 4.74 Å². The van der Waals surface area contributed by atoms with E-state index >= 15 is 0 Å². The van der Waals surface area contributed by atoms with Gasteiger partial charge in [0.15, 0.2) is 6.61 Å². The molecule has 0 aliphatic carbocycles. The number of rotatable bonds is 7. The van der Waals surface area contributed by atoms with Crippen molar-refractivity contribution in [2.24, 2.45) is 0 Å². The van der Waals surface area contributed by atoms with Gasteiger partial charge in [0.25, 0.3) is 0 Å². The standard InChI is InChI=1S/C21H18N2O6/c1-13-19(16(11-22)20(29-13)23-8-4-5-9-23)21(25)28-12-17(24)15-10-14(26-2)6-7-18(15)27-3/h4-10H,12H2,1-3H3. The van der Waals surface area contributed by atoms with Gasteiger partial charge in [0.05, 0.1) is 19.8 Å². The lowest BCUT2D eigenvalue weighted by atomic mass is 10.1. The number of nitriles is 1. The van der Waals surface area contributed by atoms with Crippen LogP contribution in [0.5, 0.6) is 11.5 Å². The number of benzene rings is 1. The number of hydrogen-bond acceptors (Lipinski definition) is 7. The van der Waals surface area contributed by atoms with E-state index in [-0.39, 0.29) is 28.3 Å². The number of furan rings is 1. The quantitative estimate of drug-likeness (QED) is 0.447. The number of carbonyl (C=O) groups excluding carboxylic acids is 2. The third kappa shape index (κ3) is 3.84. The van der Waals surface area contributed by atoms with E-state index in [0.29, 0.717) is 11.5 Å². The molecule has 0 aliphatic heterocycles. The minimum Gasteiger partial charge on any atom is -0.497 e. The molecular weight excluding hydrogens is 376 g/mol. The predicted molar refractivity (Wildman–Crippen MR) is 102 cm³/mol. The number of ketones is 1. The number of carbonyl (C=O) groups is 2. The molecule has 3 rings (SSSR count). The summed E-state index contributed by atoms with van der Waals surface area (Å²) in [5.41, 5.74) is 0.244. The summed E-state index contributed by atoms with van der Waals surface area (Å²) in [5, 5.41) is 9.51. The minimum atomic E-state index is -0.823. The third-order valence-corrected chi connectivity index (χ3v) is 4.26. The number of methoxy groups -OCH3 is 2. The molecule has 29 heavy (non-hydrogen) atoms. The number of Topliss-reactive ketones (excluding diaryl/α,β-unsaturated/α-hetero) is 1. The Morgan fingerprint density at radius 2 is 1.90 bits per heavy atom. The molecule has 0 spiro atoms. The van der Waals surface area contributed by atoms with Gasteiger partial charge in [-0.3, -0.25) is 9.36 Å². The highest BCUT2D eigenvalue weighted by Crippen LogP contribution is 2.27. The maximum absolute atomic E-state index is 12.6. The van der Waals surface area contributed by atoms with Gasteiger partial charge in [-0.05, 0) is 37.3 Å². The summed E-state index contributed by atoms with van der Waals surface area (Å²) in [6.45, 7) is 1.02. The van der Waals surface area contributed by atoms with Crippen LogP contribution in [-0.4, -0.2) is 37.1 Å². The molecule has 2 heterocycles. The third-order valence-electron chi connectivity index (χ3n) is 4.26. The lowest BCUT2D eigenvalue weighted by Crippen LogP contribution is -2.16. The molecule has 0 bridgehead atoms. The molecule has 0 fully saturated rings. The van der Waals surface area contributed by atoms with E-state index in [0.717, 1.165) is 0 Å². The Morgan fingerprint density at radius 3 is 2.52 bits per heavy atom. The monoisotopic (exact) mass is 394 g/mol. The maximum Gasteiger partial charge on any atom is 0.343 e. The van der Waals surface area contributed by atoms with Crippen molar-refractivity contribution in [2.75, 3.05) is 20.8 Å². The zero-order valence-corrected chi connectivity index (χ0v) is 16.1. The van der Waals surface area contributed by atoms with Gasteiger partial charge in [-0.1, -0.05) is 0 Å². The Labute approximate surface area is 166 Å². The SMILES string of the molecule is COc1ccc(OC)c(C(=O)COC(=O)c2c(C)oc(-n3cccc3)c2C#N)c1. The van der Waals surface area contributed by atoms with Crippen LogP contribution < -0.4 is 9.47 Å². The smallest absolute Gasteiger partial charge is 0.343 e. The summed E-state index contributed by atoms with van der Waals surface area (Å²) in [5.74, 6) is -0.0616. The van der Waals surface area contributed by atoms with Crippen molar-refractivity contribution >= 4 is 11.8 Å². The first-order chi connectivity index (χ1) is 14.0. The maximum atomic E-state index is 12.6. The van der Waals surface area contributed by atoms with Crippen molar-refractivity contribution in [3.05, 3.63) is 65.2 Å². The Balaban J connectivity index is 1.82. The molecule has 0 radical (unpaired) electrons. The van der Waals surface area contributed by atoms with Gasteiger partial charge < -0.3 is 18.6 Å². The fourth-order valence-corrected chi connectivity index (χ4v) is 2.84. The lowest BCUT2D eigenvalue weighted by molar-refractivity contribution is 0.0472. The molecule has 8 heteroatoms. The summed E-state index contributed by atoms with van der Waals surface area (Å²) in [4.78, 5) is 25.1. The minimum absolute atomic E-state index is 0.0124. The van der Waals surface area contributed by atoms with Crippen LogP contribution in [0.25, 0.3) is 5.88 Å². The summed E-state index contributed by atoms with van der Waals surface area (Å²) in [6, 6.07) is 10.2. The van der Waals surface area contributed by atoms with Crippen molar-refractivity contribution in [1.82, 2.24) is 4.57 Å². The van der Waals surface area contributed by atoms with Crippen LogP contribution in [0.3, 0.4) is 0 Å². The Bertz CT molecular complexity index is 1090. The molecule has 8 nitrogen and oxygen atoms in total. The van der Waals surface area contributed by atoms with E-state index in [1.807, 2.05) is 6.07 Å². The van der Waals surface area contributed by atoms with Crippen LogP contribution in [0.1, 0.15) is 32.0 Å². The molecule has 3 aromatic rings. The molecule has 1 aromatic carbocycles. The Hall–Kier alpha value is -3.99. The number of aryl methyl sites for hydroxylation is 1. The molecule has 0 N–H and O–H groups in total. The zero-order valence-electron chi connectivity index (χ0n) is 16.1. The molecular formula is C21H18N2O6. The highest BCUT2D eigenvalue weighted by molar-refractivity contribution is 6.02. The number of ether oxygens (including phenoxy) is 3. The fourth-order valence-electron chi connectivity index (χ4n) is 2.84. The van der Waals surface area contributed by atoms with Crippen molar-refractivity contribution in [1.29, 1.82) is 5.26 Å². The molecule has 0 atom stereocenters. The van der Waals surface area contributed by atoms with Gasteiger partial charge in [0.1, 0.15) is 34.5 Å². The van der Waals surface area contributed by atoms with Gasteiger partial charge in [-0.2, -0.15) is 5.26 Å². The second-order valence-corrected chi connectivity index (χ2v) is 5.98. The second kappa shape index (κ2) is 8.35.